The number of likely N-dealkylation sites (N-methyl/N-ethyl adjacent to an activating group) is 1. The van der Waals surface area contributed by atoms with E-state index in [-0.39, 0.29) is 24.4 Å². The molecule has 3 rings (SSSR count). The zero-order chi connectivity index (χ0) is 20.1. The standard InChI is InChI=1S/C20H27N3O3S2/c1-22(2)15-18(16-8-4-3-5-9-16)21-20(24)17-10-6-12-23(14-17)28(25,26)19-11-7-13-27-19/h3-5,7-9,11,13,17-18H,6,10,12,14-15H2,1-2H3,(H,21,24)/t17-,18-/m0/s1. The van der Waals surface area contributed by atoms with Crippen LogP contribution >= 0.6 is 11.3 Å². The van der Waals surface area contributed by atoms with E-state index in [1.54, 1.807) is 17.5 Å². The zero-order valence-corrected chi connectivity index (χ0v) is 17.9. The highest BCUT2D eigenvalue weighted by Crippen LogP contribution is 2.27. The lowest BCUT2D eigenvalue weighted by Crippen LogP contribution is -2.46. The first-order valence-corrected chi connectivity index (χ1v) is 11.7. The van der Waals surface area contributed by atoms with E-state index in [1.165, 1.54) is 15.6 Å². The average molecular weight is 422 g/mol. The first-order valence-electron chi connectivity index (χ1n) is 9.41. The van der Waals surface area contributed by atoms with Gasteiger partial charge in [-0.15, -0.1) is 11.3 Å². The highest BCUT2D eigenvalue weighted by atomic mass is 32.2. The van der Waals surface area contributed by atoms with Gasteiger partial charge in [-0.1, -0.05) is 36.4 Å². The molecule has 0 saturated carbocycles. The molecule has 1 aliphatic heterocycles. The van der Waals surface area contributed by atoms with Crippen molar-refractivity contribution in [1.82, 2.24) is 14.5 Å². The normalized spacial score (nSPS) is 19.5. The number of benzene rings is 1. The second-order valence-corrected chi connectivity index (χ2v) is 10.5. The molecule has 1 aliphatic rings. The van der Waals surface area contributed by atoms with E-state index in [0.717, 1.165) is 5.56 Å². The number of hydrogen-bond acceptors (Lipinski definition) is 5. The van der Waals surface area contributed by atoms with Gasteiger partial charge in [0, 0.05) is 19.6 Å². The minimum atomic E-state index is -3.52. The fourth-order valence-electron chi connectivity index (χ4n) is 3.49. The van der Waals surface area contributed by atoms with Crippen molar-refractivity contribution in [3.05, 3.63) is 53.4 Å². The van der Waals surface area contributed by atoms with Gasteiger partial charge < -0.3 is 10.2 Å². The quantitative estimate of drug-likeness (QED) is 0.746. The molecule has 0 bridgehead atoms. The molecular formula is C20H27N3O3S2. The first kappa shape index (κ1) is 21.0. The predicted molar refractivity (Wildman–Crippen MR) is 112 cm³/mol. The number of sulfonamides is 1. The number of hydrogen-bond donors (Lipinski definition) is 1. The summed E-state index contributed by atoms with van der Waals surface area (Å²) in [6.45, 7) is 1.37. The van der Waals surface area contributed by atoms with Crippen LogP contribution in [0.3, 0.4) is 0 Å². The van der Waals surface area contributed by atoms with E-state index >= 15 is 0 Å². The molecule has 0 spiro atoms. The third kappa shape index (κ3) is 5.00. The van der Waals surface area contributed by atoms with Crippen LogP contribution in [-0.4, -0.2) is 57.3 Å². The molecule has 0 aliphatic carbocycles. The molecule has 0 unspecified atom stereocenters. The Labute approximate surface area is 171 Å². The minimum Gasteiger partial charge on any atom is -0.348 e. The Bertz CT molecular complexity index is 867. The first-order chi connectivity index (χ1) is 13.4. The Hall–Kier alpha value is -1.74. The number of piperidine rings is 1. The number of carbonyl (C=O) groups is 1. The van der Waals surface area contributed by atoms with Gasteiger partial charge >= 0.3 is 0 Å². The summed E-state index contributed by atoms with van der Waals surface area (Å²) in [5.41, 5.74) is 1.04. The lowest BCUT2D eigenvalue weighted by molar-refractivity contribution is -0.127. The van der Waals surface area contributed by atoms with Gasteiger partial charge in [0.15, 0.2) is 0 Å². The van der Waals surface area contributed by atoms with Crippen molar-refractivity contribution in [3.63, 3.8) is 0 Å². The molecular weight excluding hydrogens is 394 g/mol. The number of nitrogens with one attached hydrogen (secondary N) is 1. The van der Waals surface area contributed by atoms with Gasteiger partial charge in [0.2, 0.25) is 5.91 Å². The van der Waals surface area contributed by atoms with E-state index in [1.807, 2.05) is 49.3 Å². The summed E-state index contributed by atoms with van der Waals surface area (Å²) >= 11 is 1.21. The molecule has 152 valence electrons. The number of thiophene rings is 1. The Morgan fingerprint density at radius 1 is 1.25 bits per heavy atom. The number of rotatable bonds is 7. The van der Waals surface area contributed by atoms with Crippen LogP contribution in [0, 0.1) is 5.92 Å². The van der Waals surface area contributed by atoms with Crippen LogP contribution in [0.1, 0.15) is 24.4 Å². The molecule has 1 fully saturated rings. The molecule has 1 amide bonds. The van der Waals surface area contributed by atoms with Crippen molar-refractivity contribution < 1.29 is 13.2 Å². The topological polar surface area (TPSA) is 69.7 Å². The number of nitrogens with zero attached hydrogens (tertiary/aromatic N) is 2. The molecule has 2 atom stereocenters. The second-order valence-electron chi connectivity index (χ2n) is 7.37. The lowest BCUT2D eigenvalue weighted by atomic mass is 9.97. The number of amides is 1. The van der Waals surface area contributed by atoms with Crippen molar-refractivity contribution >= 4 is 27.3 Å². The van der Waals surface area contributed by atoms with E-state index in [0.29, 0.717) is 30.1 Å². The summed E-state index contributed by atoms with van der Waals surface area (Å²) < 4.78 is 27.4. The molecule has 0 radical (unpaired) electrons. The third-order valence-corrected chi connectivity index (χ3v) is 8.15. The Balaban J connectivity index is 1.70. The van der Waals surface area contributed by atoms with E-state index in [4.69, 9.17) is 0 Å². The van der Waals surface area contributed by atoms with Crippen LogP contribution < -0.4 is 5.32 Å². The fraction of sp³-hybridized carbons (Fsp3) is 0.450. The third-order valence-electron chi connectivity index (χ3n) is 4.91. The maximum absolute atomic E-state index is 13.0. The lowest BCUT2D eigenvalue weighted by Gasteiger charge is -2.32. The highest BCUT2D eigenvalue weighted by molar-refractivity contribution is 7.91. The molecule has 1 aromatic heterocycles. The second kappa shape index (κ2) is 9.17. The molecule has 28 heavy (non-hydrogen) atoms. The van der Waals surface area contributed by atoms with E-state index in [9.17, 15) is 13.2 Å². The molecule has 6 nitrogen and oxygen atoms in total. The smallest absolute Gasteiger partial charge is 0.252 e. The largest absolute Gasteiger partial charge is 0.348 e. The van der Waals surface area contributed by atoms with Gasteiger partial charge in [0.1, 0.15) is 4.21 Å². The molecule has 2 aromatic rings. The van der Waals surface area contributed by atoms with Crippen LogP contribution in [0.5, 0.6) is 0 Å². The Morgan fingerprint density at radius 3 is 2.64 bits per heavy atom. The SMILES string of the molecule is CN(C)C[C@H](NC(=O)[C@H]1CCCN(S(=O)(=O)c2cccs2)C1)c1ccccc1. The predicted octanol–water partition coefficient (Wildman–Crippen LogP) is 2.57. The van der Waals surface area contributed by atoms with Crippen LogP contribution in [0.15, 0.2) is 52.1 Å². The minimum absolute atomic E-state index is 0.0817. The van der Waals surface area contributed by atoms with Gasteiger partial charge in [0.05, 0.1) is 12.0 Å². The van der Waals surface area contributed by atoms with Gasteiger partial charge in [0.25, 0.3) is 10.0 Å². The summed E-state index contributed by atoms with van der Waals surface area (Å²) in [5.74, 6) is -0.418. The van der Waals surface area contributed by atoms with Crippen molar-refractivity contribution in [1.29, 1.82) is 0 Å². The molecule has 2 heterocycles. The van der Waals surface area contributed by atoms with Crippen molar-refractivity contribution in [2.75, 3.05) is 33.7 Å². The van der Waals surface area contributed by atoms with Gasteiger partial charge in [-0.25, -0.2) is 8.42 Å². The monoisotopic (exact) mass is 421 g/mol. The number of carbonyl (C=O) groups excluding carboxylic acids is 1. The molecule has 1 saturated heterocycles. The summed E-state index contributed by atoms with van der Waals surface area (Å²) in [6.07, 6.45) is 1.39. The summed E-state index contributed by atoms with van der Waals surface area (Å²) in [4.78, 5) is 15.0. The van der Waals surface area contributed by atoms with Crippen LogP contribution in [0.25, 0.3) is 0 Å². The maximum atomic E-state index is 13.0. The van der Waals surface area contributed by atoms with Gasteiger partial charge in [-0.3, -0.25) is 4.79 Å². The molecule has 1 N–H and O–H groups in total. The van der Waals surface area contributed by atoms with Crippen molar-refractivity contribution in [2.24, 2.45) is 5.92 Å². The fourth-order valence-corrected chi connectivity index (χ4v) is 6.16. The van der Waals surface area contributed by atoms with Crippen LogP contribution in [-0.2, 0) is 14.8 Å². The van der Waals surface area contributed by atoms with Gasteiger partial charge in [-0.05, 0) is 43.9 Å². The average Bonchev–Trinajstić information content (AvgIpc) is 3.23. The Morgan fingerprint density at radius 2 is 2.00 bits per heavy atom. The summed E-state index contributed by atoms with van der Waals surface area (Å²) in [6, 6.07) is 13.1. The van der Waals surface area contributed by atoms with Crippen molar-refractivity contribution in [2.45, 2.75) is 23.1 Å². The van der Waals surface area contributed by atoms with Gasteiger partial charge in [-0.2, -0.15) is 4.31 Å². The van der Waals surface area contributed by atoms with Crippen LogP contribution in [0.4, 0.5) is 0 Å². The zero-order valence-electron chi connectivity index (χ0n) is 16.2. The van der Waals surface area contributed by atoms with E-state index in [2.05, 4.69) is 5.32 Å². The summed E-state index contributed by atoms with van der Waals surface area (Å²) in [5, 5.41) is 4.90. The Kier molecular flexibility index (Phi) is 6.87. The van der Waals surface area contributed by atoms with E-state index < -0.39 is 10.0 Å². The molecule has 1 aromatic carbocycles. The summed E-state index contributed by atoms with van der Waals surface area (Å²) in [7, 11) is 0.419. The van der Waals surface area contributed by atoms with Crippen molar-refractivity contribution in [3.8, 4) is 0 Å². The van der Waals surface area contributed by atoms with Crippen LogP contribution in [0.2, 0.25) is 0 Å². The highest BCUT2D eigenvalue weighted by Gasteiger charge is 2.34. The molecule has 8 heteroatoms. The maximum Gasteiger partial charge on any atom is 0.252 e.